The van der Waals surface area contributed by atoms with Crippen molar-refractivity contribution in [2.75, 3.05) is 25.0 Å². The van der Waals surface area contributed by atoms with Crippen LogP contribution in [0.4, 0.5) is 5.69 Å². The van der Waals surface area contributed by atoms with Crippen LogP contribution in [0.5, 0.6) is 0 Å². The fraction of sp³-hybridized carbons (Fsp3) is 0.353. The first-order valence-electron chi connectivity index (χ1n) is 7.61. The van der Waals surface area contributed by atoms with Crippen LogP contribution in [-0.2, 0) is 14.3 Å². The van der Waals surface area contributed by atoms with E-state index < -0.39 is 12.0 Å². The molecule has 7 heteroatoms. The number of carbonyl (C=O) groups excluding carboxylic acids is 3. The van der Waals surface area contributed by atoms with E-state index in [1.807, 2.05) is 0 Å². The zero-order valence-corrected chi connectivity index (χ0v) is 13.1. The van der Waals surface area contributed by atoms with Crippen LogP contribution in [0.25, 0.3) is 0 Å². The summed E-state index contributed by atoms with van der Waals surface area (Å²) in [5.41, 5.74) is 0.838. The van der Waals surface area contributed by atoms with Crippen molar-refractivity contribution in [3.63, 3.8) is 0 Å². The molecule has 1 aromatic rings. The van der Waals surface area contributed by atoms with Gasteiger partial charge in [0.2, 0.25) is 5.91 Å². The van der Waals surface area contributed by atoms with E-state index in [-0.39, 0.29) is 24.9 Å². The van der Waals surface area contributed by atoms with E-state index >= 15 is 0 Å². The topological polar surface area (TPSA) is 96.5 Å². The number of amides is 3. The molecule has 0 unspecified atom stereocenters. The lowest BCUT2D eigenvalue weighted by Gasteiger charge is -2.11. The Morgan fingerprint density at radius 2 is 2.12 bits per heavy atom. The number of hydrogen-bond donors (Lipinski definition) is 3. The van der Waals surface area contributed by atoms with Crippen LogP contribution in [0.3, 0.4) is 0 Å². The summed E-state index contributed by atoms with van der Waals surface area (Å²) >= 11 is 0. The highest BCUT2D eigenvalue weighted by Crippen LogP contribution is 2.16. The highest BCUT2D eigenvalue weighted by atomic mass is 16.5. The highest BCUT2D eigenvalue weighted by molar-refractivity contribution is 5.99. The Hall–Kier alpha value is -2.85. The van der Waals surface area contributed by atoms with Crippen molar-refractivity contribution in [2.24, 2.45) is 0 Å². The van der Waals surface area contributed by atoms with Gasteiger partial charge in [0.25, 0.3) is 11.8 Å². The standard InChI is InChI=1S/C17H19N3O4/c1-2-8-18-15(21)11-19-16(22)12-5-3-6-13(10-12)20-17(23)14-7-4-9-24-14/h1,3,5-6,10,14H,4,7-9,11H2,(H,18,21)(H,19,22)(H,20,23)/t14-/m1/s1. The zero-order chi connectivity index (χ0) is 17.4. The fourth-order valence-electron chi connectivity index (χ4n) is 2.22. The monoisotopic (exact) mass is 329 g/mol. The lowest BCUT2D eigenvalue weighted by molar-refractivity contribution is -0.124. The number of ether oxygens (including phenoxy) is 1. The second-order valence-corrected chi connectivity index (χ2v) is 5.24. The Kier molecular flexibility index (Phi) is 6.34. The molecule has 0 saturated carbocycles. The van der Waals surface area contributed by atoms with E-state index in [1.54, 1.807) is 24.3 Å². The van der Waals surface area contributed by atoms with Crippen LogP contribution in [0.15, 0.2) is 24.3 Å². The molecule has 1 aliphatic heterocycles. The van der Waals surface area contributed by atoms with Crippen molar-refractivity contribution >= 4 is 23.4 Å². The van der Waals surface area contributed by atoms with Crippen molar-refractivity contribution in [3.05, 3.63) is 29.8 Å². The number of rotatable bonds is 6. The quantitative estimate of drug-likeness (QED) is 0.653. The molecule has 0 aromatic heterocycles. The minimum absolute atomic E-state index is 0.111. The third kappa shape index (κ3) is 5.11. The molecule has 1 aliphatic rings. The number of terminal acetylenes is 1. The van der Waals surface area contributed by atoms with Gasteiger partial charge in [-0.3, -0.25) is 14.4 Å². The number of carbonyl (C=O) groups is 3. The van der Waals surface area contributed by atoms with Crippen LogP contribution in [-0.4, -0.2) is 43.5 Å². The van der Waals surface area contributed by atoms with Crippen molar-refractivity contribution < 1.29 is 19.1 Å². The second kappa shape index (κ2) is 8.70. The number of hydrogen-bond acceptors (Lipinski definition) is 4. The molecule has 7 nitrogen and oxygen atoms in total. The molecule has 3 N–H and O–H groups in total. The van der Waals surface area contributed by atoms with Crippen molar-refractivity contribution in [1.29, 1.82) is 0 Å². The molecular weight excluding hydrogens is 310 g/mol. The largest absolute Gasteiger partial charge is 0.368 e. The smallest absolute Gasteiger partial charge is 0.253 e. The van der Waals surface area contributed by atoms with Gasteiger partial charge in [-0.2, -0.15) is 0 Å². The van der Waals surface area contributed by atoms with Gasteiger partial charge in [0, 0.05) is 17.9 Å². The predicted molar refractivity (Wildman–Crippen MR) is 88.2 cm³/mol. The summed E-state index contributed by atoms with van der Waals surface area (Å²) in [5, 5.41) is 7.66. The molecule has 1 heterocycles. The van der Waals surface area contributed by atoms with Crippen molar-refractivity contribution in [2.45, 2.75) is 18.9 Å². The van der Waals surface area contributed by atoms with E-state index in [2.05, 4.69) is 21.9 Å². The average Bonchev–Trinajstić information content (AvgIpc) is 3.12. The van der Waals surface area contributed by atoms with Gasteiger partial charge in [-0.1, -0.05) is 12.0 Å². The van der Waals surface area contributed by atoms with Gasteiger partial charge in [0.1, 0.15) is 6.10 Å². The molecule has 0 radical (unpaired) electrons. The van der Waals surface area contributed by atoms with Crippen molar-refractivity contribution in [3.8, 4) is 12.3 Å². The Morgan fingerprint density at radius 3 is 2.83 bits per heavy atom. The molecule has 1 aromatic carbocycles. The van der Waals surface area contributed by atoms with Gasteiger partial charge in [-0.25, -0.2) is 0 Å². The van der Waals surface area contributed by atoms with Crippen molar-refractivity contribution in [1.82, 2.24) is 10.6 Å². The van der Waals surface area contributed by atoms with E-state index in [0.717, 1.165) is 6.42 Å². The zero-order valence-electron chi connectivity index (χ0n) is 13.1. The summed E-state index contributed by atoms with van der Waals surface area (Å²) in [6.07, 6.45) is 6.14. The normalized spacial score (nSPS) is 16.0. The van der Waals surface area contributed by atoms with Gasteiger partial charge < -0.3 is 20.7 Å². The molecule has 2 rings (SSSR count). The van der Waals surface area contributed by atoms with Crippen LogP contribution in [0, 0.1) is 12.3 Å². The molecule has 126 valence electrons. The first-order valence-corrected chi connectivity index (χ1v) is 7.61. The summed E-state index contributed by atoms with van der Waals surface area (Å²) in [5.74, 6) is 1.26. The molecule has 3 amide bonds. The Bertz CT molecular complexity index is 660. The SMILES string of the molecule is C#CCNC(=O)CNC(=O)c1cccc(NC(=O)[C@H]2CCCO2)c1. The first-order chi connectivity index (χ1) is 11.6. The van der Waals surface area contributed by atoms with Crippen LogP contribution < -0.4 is 16.0 Å². The van der Waals surface area contributed by atoms with E-state index in [4.69, 9.17) is 11.2 Å². The van der Waals surface area contributed by atoms with Gasteiger partial charge in [0.05, 0.1) is 13.1 Å². The van der Waals surface area contributed by atoms with Crippen LogP contribution in [0.1, 0.15) is 23.2 Å². The third-order valence-corrected chi connectivity index (χ3v) is 3.41. The predicted octanol–water partition coefficient (Wildman–Crippen LogP) is 0.283. The number of anilines is 1. The maximum atomic E-state index is 12.0. The molecule has 24 heavy (non-hydrogen) atoms. The van der Waals surface area contributed by atoms with Crippen LogP contribution >= 0.6 is 0 Å². The van der Waals surface area contributed by atoms with E-state index in [0.29, 0.717) is 24.3 Å². The lowest BCUT2D eigenvalue weighted by atomic mass is 10.1. The third-order valence-electron chi connectivity index (χ3n) is 3.41. The Labute approximate surface area is 140 Å². The minimum Gasteiger partial charge on any atom is -0.368 e. The summed E-state index contributed by atoms with van der Waals surface area (Å²) < 4.78 is 5.31. The summed E-state index contributed by atoms with van der Waals surface area (Å²) in [6, 6.07) is 6.47. The maximum absolute atomic E-state index is 12.0. The lowest BCUT2D eigenvalue weighted by Crippen LogP contribution is -2.37. The molecule has 0 spiro atoms. The highest BCUT2D eigenvalue weighted by Gasteiger charge is 2.23. The molecule has 1 atom stereocenters. The molecule has 1 fully saturated rings. The fourth-order valence-corrected chi connectivity index (χ4v) is 2.22. The Balaban J connectivity index is 1.89. The molecular formula is C17H19N3O4. The maximum Gasteiger partial charge on any atom is 0.253 e. The molecule has 1 saturated heterocycles. The summed E-state index contributed by atoms with van der Waals surface area (Å²) in [7, 11) is 0. The van der Waals surface area contributed by atoms with Gasteiger partial charge in [0.15, 0.2) is 0 Å². The average molecular weight is 329 g/mol. The molecule has 0 aliphatic carbocycles. The summed E-state index contributed by atoms with van der Waals surface area (Å²) in [4.78, 5) is 35.5. The second-order valence-electron chi connectivity index (χ2n) is 5.24. The minimum atomic E-state index is -0.442. The molecule has 0 bridgehead atoms. The van der Waals surface area contributed by atoms with Gasteiger partial charge >= 0.3 is 0 Å². The Morgan fingerprint density at radius 1 is 1.29 bits per heavy atom. The number of benzene rings is 1. The van der Waals surface area contributed by atoms with Gasteiger partial charge in [-0.15, -0.1) is 6.42 Å². The van der Waals surface area contributed by atoms with Gasteiger partial charge in [-0.05, 0) is 31.0 Å². The number of nitrogens with one attached hydrogen (secondary N) is 3. The van der Waals surface area contributed by atoms with E-state index in [1.165, 1.54) is 0 Å². The van der Waals surface area contributed by atoms with E-state index in [9.17, 15) is 14.4 Å². The summed E-state index contributed by atoms with van der Waals surface area (Å²) in [6.45, 7) is 0.523. The first kappa shape index (κ1) is 17.5. The van der Waals surface area contributed by atoms with Crippen LogP contribution in [0.2, 0.25) is 0 Å².